The van der Waals surface area contributed by atoms with Crippen LogP contribution in [0.2, 0.25) is 0 Å². The first kappa shape index (κ1) is 19.6. The van der Waals surface area contributed by atoms with E-state index in [0.717, 1.165) is 12.0 Å². The van der Waals surface area contributed by atoms with Gasteiger partial charge in [-0.2, -0.15) is 5.10 Å². The van der Waals surface area contributed by atoms with Crippen molar-refractivity contribution < 1.29 is 14.4 Å². The molecule has 2 heterocycles. The molecule has 8 nitrogen and oxygen atoms in total. The van der Waals surface area contributed by atoms with Crippen molar-refractivity contribution in [3.63, 3.8) is 0 Å². The van der Waals surface area contributed by atoms with E-state index >= 15 is 0 Å². The van der Waals surface area contributed by atoms with Gasteiger partial charge in [0.25, 0.3) is 11.8 Å². The van der Waals surface area contributed by atoms with E-state index in [2.05, 4.69) is 15.7 Å². The summed E-state index contributed by atoms with van der Waals surface area (Å²) in [5.74, 6) is -0.939. The molecule has 0 aliphatic carbocycles. The maximum atomic E-state index is 12.9. The van der Waals surface area contributed by atoms with E-state index in [9.17, 15) is 14.4 Å². The zero-order chi connectivity index (χ0) is 20.3. The summed E-state index contributed by atoms with van der Waals surface area (Å²) in [6.07, 6.45) is 0.806. The van der Waals surface area contributed by atoms with Crippen LogP contribution in [0, 0.1) is 0 Å². The molecule has 148 valence electrons. The molecular weight excluding hydrogens is 358 g/mol. The largest absolute Gasteiger partial charge is 0.351 e. The second-order valence-electron chi connectivity index (χ2n) is 7.13. The molecule has 0 saturated heterocycles. The van der Waals surface area contributed by atoms with Crippen LogP contribution >= 0.6 is 0 Å². The lowest BCUT2D eigenvalue weighted by Crippen LogP contribution is -2.62. The maximum absolute atomic E-state index is 12.9. The molecule has 1 aromatic heterocycles. The predicted molar refractivity (Wildman–Crippen MR) is 104 cm³/mol. The average molecular weight is 383 g/mol. The van der Waals surface area contributed by atoms with Gasteiger partial charge in [0.2, 0.25) is 5.91 Å². The van der Waals surface area contributed by atoms with E-state index in [1.165, 1.54) is 15.6 Å². The van der Waals surface area contributed by atoms with Gasteiger partial charge < -0.3 is 15.5 Å². The van der Waals surface area contributed by atoms with Gasteiger partial charge in [-0.3, -0.25) is 19.1 Å². The summed E-state index contributed by atoms with van der Waals surface area (Å²) in [7, 11) is 1.59. The number of amides is 3. The molecule has 1 atom stereocenters. The molecule has 3 rings (SSSR count). The molecule has 0 fully saturated rings. The molecule has 1 aliphatic heterocycles. The topological polar surface area (TPSA) is 96.3 Å². The first-order chi connectivity index (χ1) is 13.4. The second-order valence-corrected chi connectivity index (χ2v) is 7.13. The van der Waals surface area contributed by atoms with Gasteiger partial charge in [0.1, 0.15) is 11.2 Å². The Morgan fingerprint density at radius 1 is 1.21 bits per heavy atom. The van der Waals surface area contributed by atoms with Gasteiger partial charge in [-0.15, -0.1) is 0 Å². The summed E-state index contributed by atoms with van der Waals surface area (Å²) in [6.45, 7) is 4.73. The van der Waals surface area contributed by atoms with Crippen LogP contribution in [0.15, 0.2) is 36.4 Å². The molecule has 1 aromatic carbocycles. The number of rotatable bonds is 6. The summed E-state index contributed by atoms with van der Waals surface area (Å²) in [5, 5.41) is 9.90. The van der Waals surface area contributed by atoms with Crippen LogP contribution in [0.4, 0.5) is 0 Å². The molecule has 0 saturated carbocycles. The maximum Gasteiger partial charge on any atom is 0.272 e. The van der Waals surface area contributed by atoms with Crippen molar-refractivity contribution in [1.29, 1.82) is 0 Å². The van der Waals surface area contributed by atoms with E-state index in [4.69, 9.17) is 0 Å². The molecule has 0 bridgehead atoms. The number of carbonyl (C=O) groups is 3. The van der Waals surface area contributed by atoms with Gasteiger partial charge in [-0.25, -0.2) is 0 Å². The smallest absolute Gasteiger partial charge is 0.272 e. The number of hydrogen-bond donors (Lipinski definition) is 2. The lowest BCUT2D eigenvalue weighted by atomic mass is 9.96. The third kappa shape index (κ3) is 3.62. The Kier molecular flexibility index (Phi) is 5.48. The van der Waals surface area contributed by atoms with E-state index in [1.54, 1.807) is 14.0 Å². The zero-order valence-corrected chi connectivity index (χ0v) is 16.4. The van der Waals surface area contributed by atoms with Crippen LogP contribution < -0.4 is 10.6 Å². The number of nitrogens with one attached hydrogen (secondary N) is 2. The minimum Gasteiger partial charge on any atom is -0.351 e. The Balaban J connectivity index is 1.78. The number of nitrogens with zero attached hydrogens (tertiary/aromatic N) is 3. The summed E-state index contributed by atoms with van der Waals surface area (Å²) in [5.41, 5.74) is 0.345. The van der Waals surface area contributed by atoms with E-state index in [0.29, 0.717) is 18.8 Å². The van der Waals surface area contributed by atoms with Crippen LogP contribution in [0.1, 0.15) is 46.8 Å². The van der Waals surface area contributed by atoms with Gasteiger partial charge in [-0.1, -0.05) is 37.3 Å². The molecule has 2 N–H and O–H groups in total. The highest BCUT2D eigenvalue weighted by molar-refractivity contribution is 6.01. The standard InChI is InChI=1S/C20H25N5O3/c1-4-10-21-17(26)15-11-16-18(27)24(3)20(2,13-25(16)23-15)19(28)22-12-14-8-6-5-7-9-14/h5-9,11H,4,10,12-13H2,1-3H3,(H,21,26)(H,22,28)/t20-/m0/s1. The first-order valence-corrected chi connectivity index (χ1v) is 9.33. The van der Waals surface area contributed by atoms with E-state index in [-0.39, 0.29) is 30.0 Å². The third-order valence-electron chi connectivity index (χ3n) is 5.05. The highest BCUT2D eigenvalue weighted by Gasteiger charge is 2.46. The van der Waals surface area contributed by atoms with Crippen molar-refractivity contribution in [2.24, 2.45) is 0 Å². The monoisotopic (exact) mass is 383 g/mol. The molecular formula is C20H25N5O3. The Bertz CT molecular complexity index is 893. The van der Waals surface area contributed by atoms with Crippen molar-refractivity contribution in [2.45, 2.75) is 38.9 Å². The fraction of sp³-hybridized carbons (Fsp3) is 0.400. The van der Waals surface area contributed by atoms with Crippen LogP contribution in [0.3, 0.4) is 0 Å². The van der Waals surface area contributed by atoms with E-state index < -0.39 is 5.54 Å². The molecule has 0 radical (unpaired) electrons. The molecule has 1 aliphatic rings. The molecule has 28 heavy (non-hydrogen) atoms. The summed E-state index contributed by atoms with van der Waals surface area (Å²) in [6, 6.07) is 11.0. The minimum atomic E-state index is -1.11. The lowest BCUT2D eigenvalue weighted by Gasteiger charge is -2.40. The molecule has 2 aromatic rings. The predicted octanol–water partition coefficient (Wildman–Crippen LogP) is 1.18. The molecule has 0 spiro atoms. The number of hydrogen-bond acceptors (Lipinski definition) is 4. The number of fused-ring (bicyclic) bond motifs is 1. The zero-order valence-electron chi connectivity index (χ0n) is 16.4. The van der Waals surface area contributed by atoms with Crippen molar-refractivity contribution in [3.8, 4) is 0 Å². The van der Waals surface area contributed by atoms with Crippen molar-refractivity contribution >= 4 is 17.7 Å². The lowest BCUT2D eigenvalue weighted by molar-refractivity contribution is -0.132. The normalized spacial score (nSPS) is 18.5. The van der Waals surface area contributed by atoms with Crippen molar-refractivity contribution in [2.75, 3.05) is 13.6 Å². The van der Waals surface area contributed by atoms with Gasteiger partial charge >= 0.3 is 0 Å². The fourth-order valence-corrected chi connectivity index (χ4v) is 3.14. The molecule has 0 unspecified atom stereocenters. The fourth-order valence-electron chi connectivity index (χ4n) is 3.14. The SMILES string of the molecule is CCCNC(=O)c1cc2n(n1)C[C@@](C)(C(=O)NCc1ccccc1)N(C)C2=O. The Morgan fingerprint density at radius 3 is 2.61 bits per heavy atom. The highest BCUT2D eigenvalue weighted by Crippen LogP contribution is 2.26. The molecule has 8 heteroatoms. The average Bonchev–Trinajstić information content (AvgIpc) is 3.13. The Morgan fingerprint density at radius 2 is 1.93 bits per heavy atom. The van der Waals surface area contributed by atoms with E-state index in [1.807, 2.05) is 37.3 Å². The molecule has 3 amide bonds. The van der Waals surface area contributed by atoms with Gasteiger partial charge in [0, 0.05) is 26.2 Å². The number of likely N-dealkylation sites (N-methyl/N-ethyl adjacent to an activating group) is 1. The second kappa shape index (κ2) is 7.84. The van der Waals surface area contributed by atoms with Crippen molar-refractivity contribution in [3.05, 3.63) is 53.3 Å². The first-order valence-electron chi connectivity index (χ1n) is 9.33. The highest BCUT2D eigenvalue weighted by atomic mass is 16.2. The van der Waals surface area contributed by atoms with Crippen LogP contribution in [0.25, 0.3) is 0 Å². The van der Waals surface area contributed by atoms with Crippen LogP contribution in [-0.4, -0.2) is 51.5 Å². The number of carbonyl (C=O) groups excluding carboxylic acids is 3. The minimum absolute atomic E-state index is 0.173. The summed E-state index contributed by atoms with van der Waals surface area (Å²) < 4.78 is 1.45. The van der Waals surface area contributed by atoms with Gasteiger partial charge in [0.15, 0.2) is 5.69 Å². The van der Waals surface area contributed by atoms with Gasteiger partial charge in [-0.05, 0) is 18.9 Å². The van der Waals surface area contributed by atoms with Crippen molar-refractivity contribution in [1.82, 2.24) is 25.3 Å². The number of benzene rings is 1. The Hall–Kier alpha value is -3.16. The van der Waals surface area contributed by atoms with Crippen LogP contribution in [0.5, 0.6) is 0 Å². The Labute approximate surface area is 163 Å². The summed E-state index contributed by atoms with van der Waals surface area (Å²) >= 11 is 0. The van der Waals surface area contributed by atoms with Crippen LogP contribution in [-0.2, 0) is 17.9 Å². The third-order valence-corrected chi connectivity index (χ3v) is 5.05. The summed E-state index contributed by atoms with van der Waals surface area (Å²) in [4.78, 5) is 39.3. The van der Waals surface area contributed by atoms with Gasteiger partial charge in [0.05, 0.1) is 6.54 Å². The quantitative estimate of drug-likeness (QED) is 0.783. The number of aromatic nitrogens is 2.